The largest absolute Gasteiger partial charge is 0.314 e. The molecule has 20 heavy (non-hydrogen) atoms. The van der Waals surface area contributed by atoms with Crippen LogP contribution in [-0.4, -0.2) is 37.0 Å². The maximum absolute atomic E-state index is 11.2. The van der Waals surface area contributed by atoms with Gasteiger partial charge in [-0.1, -0.05) is 23.7 Å². The molecule has 1 heterocycles. The molecule has 1 aliphatic heterocycles. The molecular weight excluding hydrogens is 276 g/mol. The molecule has 1 aromatic carbocycles. The summed E-state index contributed by atoms with van der Waals surface area (Å²) in [5, 5.41) is 4.17. The van der Waals surface area contributed by atoms with Crippen molar-refractivity contribution in [3.05, 3.63) is 34.9 Å². The van der Waals surface area contributed by atoms with E-state index in [0.29, 0.717) is 12.5 Å². The fraction of sp³-hybridized carbons (Fsp3) is 0.500. The van der Waals surface area contributed by atoms with Crippen molar-refractivity contribution in [2.45, 2.75) is 18.9 Å². The fourth-order valence-corrected chi connectivity index (χ4v) is 2.77. The molecule has 0 radical (unpaired) electrons. The van der Waals surface area contributed by atoms with Crippen LogP contribution in [0.2, 0.25) is 5.02 Å². The van der Waals surface area contributed by atoms with E-state index in [1.54, 1.807) is 0 Å². The van der Waals surface area contributed by atoms with Gasteiger partial charge in [0.05, 0.1) is 0 Å². The molecular formula is C14H21ClN4O. The quantitative estimate of drug-likeness (QED) is 0.432. The summed E-state index contributed by atoms with van der Waals surface area (Å²) in [4.78, 5) is 13.6. The van der Waals surface area contributed by atoms with Gasteiger partial charge in [-0.25, -0.2) is 5.84 Å². The van der Waals surface area contributed by atoms with E-state index < -0.39 is 0 Å². The first-order chi connectivity index (χ1) is 9.70. The lowest BCUT2D eigenvalue weighted by atomic mass is 10.0. The van der Waals surface area contributed by atoms with E-state index in [9.17, 15) is 4.79 Å². The molecule has 1 amide bonds. The molecule has 1 aliphatic rings. The third-order valence-corrected chi connectivity index (χ3v) is 3.83. The molecule has 1 fully saturated rings. The Balaban J connectivity index is 1.96. The minimum atomic E-state index is -0.112. The summed E-state index contributed by atoms with van der Waals surface area (Å²) in [6.45, 7) is 3.73. The van der Waals surface area contributed by atoms with Gasteiger partial charge in [0.25, 0.3) is 0 Å². The molecule has 1 unspecified atom stereocenters. The van der Waals surface area contributed by atoms with E-state index in [-0.39, 0.29) is 5.91 Å². The number of hydrogen-bond acceptors (Lipinski definition) is 4. The number of rotatable bonds is 5. The number of halogens is 1. The molecule has 0 aliphatic carbocycles. The first-order valence-corrected chi connectivity index (χ1v) is 7.28. The average Bonchev–Trinajstić information content (AvgIpc) is 2.47. The molecule has 5 nitrogen and oxygen atoms in total. The van der Waals surface area contributed by atoms with Gasteiger partial charge in [-0.2, -0.15) is 0 Å². The summed E-state index contributed by atoms with van der Waals surface area (Å²) in [7, 11) is 0. The second-order valence-corrected chi connectivity index (χ2v) is 5.42. The van der Waals surface area contributed by atoms with E-state index in [0.717, 1.165) is 37.6 Å². The number of amides is 1. The normalized spacial score (nSPS) is 19.8. The van der Waals surface area contributed by atoms with Gasteiger partial charge >= 0.3 is 0 Å². The van der Waals surface area contributed by atoms with Gasteiger partial charge < -0.3 is 5.32 Å². The van der Waals surface area contributed by atoms with Crippen LogP contribution in [0.25, 0.3) is 0 Å². The summed E-state index contributed by atoms with van der Waals surface area (Å²) in [5.41, 5.74) is 3.38. The second kappa shape index (κ2) is 7.59. The van der Waals surface area contributed by atoms with Crippen LogP contribution in [0.15, 0.2) is 24.3 Å². The van der Waals surface area contributed by atoms with Crippen LogP contribution in [0.3, 0.4) is 0 Å². The first-order valence-electron chi connectivity index (χ1n) is 6.90. The molecule has 6 heteroatoms. The summed E-state index contributed by atoms with van der Waals surface area (Å²) in [6.07, 6.45) is 1.27. The third-order valence-electron chi connectivity index (χ3n) is 3.60. The molecule has 2 rings (SSSR count). The Morgan fingerprint density at radius 1 is 1.55 bits per heavy atom. The molecule has 0 spiro atoms. The zero-order chi connectivity index (χ0) is 14.4. The first kappa shape index (κ1) is 15.3. The Hall–Kier alpha value is -1.14. The summed E-state index contributed by atoms with van der Waals surface area (Å²) < 4.78 is 0. The standard InChI is InChI=1S/C14H21ClN4O/c15-12-4-1-3-11(9-12)13-10-17-6-8-19(13)7-2-5-14(20)18-16/h1,3-4,9,13,17H,2,5-8,10,16H2,(H,18,20). The number of hydrogen-bond donors (Lipinski definition) is 3. The van der Waals surface area contributed by atoms with Gasteiger partial charge in [0.15, 0.2) is 0 Å². The molecule has 4 N–H and O–H groups in total. The Morgan fingerprint density at radius 2 is 2.40 bits per heavy atom. The maximum atomic E-state index is 11.2. The number of benzene rings is 1. The van der Waals surface area contributed by atoms with Gasteiger partial charge in [0.1, 0.15) is 0 Å². The number of nitrogens with two attached hydrogens (primary N) is 1. The second-order valence-electron chi connectivity index (χ2n) is 4.98. The molecule has 0 bridgehead atoms. The van der Waals surface area contributed by atoms with Crippen molar-refractivity contribution in [3.63, 3.8) is 0 Å². The lowest BCUT2D eigenvalue weighted by Crippen LogP contribution is -2.46. The smallest absolute Gasteiger partial charge is 0.233 e. The maximum Gasteiger partial charge on any atom is 0.233 e. The average molecular weight is 297 g/mol. The Bertz CT molecular complexity index is 455. The summed E-state index contributed by atoms with van der Waals surface area (Å²) in [5.74, 6) is 4.98. The zero-order valence-corrected chi connectivity index (χ0v) is 12.2. The van der Waals surface area contributed by atoms with Gasteiger partial charge in [-0.05, 0) is 30.7 Å². The third kappa shape index (κ3) is 4.18. The SMILES string of the molecule is NNC(=O)CCCN1CCNCC1c1cccc(Cl)c1. The van der Waals surface area contributed by atoms with Gasteiger partial charge in [0.2, 0.25) is 5.91 Å². The monoisotopic (exact) mass is 296 g/mol. The van der Waals surface area contributed by atoms with Crippen molar-refractivity contribution in [2.24, 2.45) is 5.84 Å². The van der Waals surface area contributed by atoms with Crippen molar-refractivity contribution in [3.8, 4) is 0 Å². The van der Waals surface area contributed by atoms with Crippen LogP contribution in [0.4, 0.5) is 0 Å². The topological polar surface area (TPSA) is 70.4 Å². The predicted molar refractivity (Wildman–Crippen MR) is 80.2 cm³/mol. The molecule has 1 atom stereocenters. The van der Waals surface area contributed by atoms with Crippen LogP contribution in [0, 0.1) is 0 Å². The number of nitrogens with zero attached hydrogens (tertiary/aromatic N) is 1. The van der Waals surface area contributed by atoms with E-state index in [1.807, 2.05) is 18.2 Å². The van der Waals surface area contributed by atoms with E-state index in [4.69, 9.17) is 17.4 Å². The molecule has 0 saturated carbocycles. The Labute approximate surface area is 124 Å². The van der Waals surface area contributed by atoms with Crippen LogP contribution in [0.1, 0.15) is 24.4 Å². The van der Waals surface area contributed by atoms with Crippen molar-refractivity contribution in [2.75, 3.05) is 26.2 Å². The molecule has 0 aromatic heterocycles. The number of carbonyl (C=O) groups is 1. The summed E-state index contributed by atoms with van der Waals surface area (Å²) >= 11 is 6.07. The minimum Gasteiger partial charge on any atom is -0.314 e. The minimum absolute atomic E-state index is 0.112. The van der Waals surface area contributed by atoms with Gasteiger partial charge in [0, 0.05) is 37.1 Å². The van der Waals surface area contributed by atoms with Gasteiger partial charge in [-0.15, -0.1) is 0 Å². The molecule has 110 valence electrons. The Morgan fingerprint density at radius 3 is 3.15 bits per heavy atom. The Kier molecular flexibility index (Phi) is 5.79. The zero-order valence-electron chi connectivity index (χ0n) is 11.4. The molecule has 1 aromatic rings. The summed E-state index contributed by atoms with van der Waals surface area (Å²) in [6, 6.07) is 8.29. The van der Waals surface area contributed by atoms with E-state index >= 15 is 0 Å². The van der Waals surface area contributed by atoms with E-state index in [2.05, 4.69) is 21.7 Å². The number of carbonyl (C=O) groups excluding carboxylic acids is 1. The lowest BCUT2D eigenvalue weighted by molar-refractivity contribution is -0.121. The highest BCUT2D eigenvalue weighted by Gasteiger charge is 2.23. The highest BCUT2D eigenvalue weighted by atomic mass is 35.5. The van der Waals surface area contributed by atoms with Crippen molar-refractivity contribution < 1.29 is 4.79 Å². The van der Waals surface area contributed by atoms with Crippen LogP contribution < -0.4 is 16.6 Å². The van der Waals surface area contributed by atoms with Crippen molar-refractivity contribution in [1.82, 2.24) is 15.6 Å². The van der Waals surface area contributed by atoms with Crippen LogP contribution in [-0.2, 0) is 4.79 Å². The highest BCUT2D eigenvalue weighted by molar-refractivity contribution is 6.30. The number of hydrazine groups is 1. The van der Waals surface area contributed by atoms with Crippen LogP contribution in [0.5, 0.6) is 0 Å². The van der Waals surface area contributed by atoms with Crippen molar-refractivity contribution in [1.29, 1.82) is 0 Å². The van der Waals surface area contributed by atoms with Gasteiger partial charge in [-0.3, -0.25) is 15.1 Å². The fourth-order valence-electron chi connectivity index (χ4n) is 2.57. The number of nitrogens with one attached hydrogen (secondary N) is 2. The lowest BCUT2D eigenvalue weighted by Gasteiger charge is -2.36. The van der Waals surface area contributed by atoms with Crippen molar-refractivity contribution >= 4 is 17.5 Å². The predicted octanol–water partition coefficient (Wildman–Crippen LogP) is 1.06. The highest BCUT2D eigenvalue weighted by Crippen LogP contribution is 2.24. The molecule has 1 saturated heterocycles. The van der Waals surface area contributed by atoms with E-state index in [1.165, 1.54) is 5.56 Å². The number of piperazine rings is 1. The van der Waals surface area contributed by atoms with Crippen LogP contribution >= 0.6 is 11.6 Å².